The van der Waals surface area contributed by atoms with Crippen molar-refractivity contribution in [1.82, 2.24) is 5.01 Å². The van der Waals surface area contributed by atoms with E-state index in [0.717, 1.165) is 11.1 Å². The second kappa shape index (κ2) is 7.84. The smallest absolute Gasteiger partial charge is 0.395 e. The molecule has 3 aromatic rings. The van der Waals surface area contributed by atoms with Crippen LogP contribution in [0.5, 0.6) is 11.5 Å². The molecule has 0 aliphatic carbocycles. The van der Waals surface area contributed by atoms with Crippen LogP contribution in [0.3, 0.4) is 0 Å². The normalized spacial score (nSPS) is 18.2. The fraction of sp³-hybridized carbons (Fsp3) is 0.167. The summed E-state index contributed by atoms with van der Waals surface area (Å²) in [4.78, 5) is 12.9. The molecule has 0 fully saturated rings. The van der Waals surface area contributed by atoms with Crippen molar-refractivity contribution >= 4 is 17.4 Å². The van der Waals surface area contributed by atoms with E-state index < -0.39 is 18.2 Å². The van der Waals surface area contributed by atoms with Crippen molar-refractivity contribution in [3.05, 3.63) is 89.2 Å². The number of aryl methyl sites for hydroxylation is 1. The molecule has 2 heterocycles. The van der Waals surface area contributed by atoms with Gasteiger partial charge in [0.25, 0.3) is 0 Å². The van der Waals surface area contributed by atoms with Crippen molar-refractivity contribution in [1.29, 1.82) is 0 Å². The van der Waals surface area contributed by atoms with Gasteiger partial charge in [0.2, 0.25) is 0 Å². The van der Waals surface area contributed by atoms with Crippen LogP contribution in [0.25, 0.3) is 0 Å². The molecular formula is C24H18F3N3O3. The van der Waals surface area contributed by atoms with Gasteiger partial charge in [0, 0.05) is 11.8 Å². The van der Waals surface area contributed by atoms with Crippen LogP contribution in [-0.2, 0) is 0 Å². The van der Waals surface area contributed by atoms with E-state index >= 15 is 0 Å². The predicted octanol–water partition coefficient (Wildman–Crippen LogP) is 5.49. The zero-order chi connectivity index (χ0) is 23.2. The highest BCUT2D eigenvalue weighted by Crippen LogP contribution is 2.42. The number of nitrogens with one attached hydrogen (secondary N) is 1. The number of amides is 2. The molecule has 0 spiro atoms. The number of anilines is 1. The molecule has 168 valence electrons. The quantitative estimate of drug-likeness (QED) is 0.570. The number of hydrogen-bond donors (Lipinski definition) is 1. The maximum Gasteiger partial charge on any atom is 0.586 e. The van der Waals surface area contributed by atoms with Gasteiger partial charge >= 0.3 is 12.3 Å². The average Bonchev–Trinajstić information content (AvgIpc) is 3.34. The Kier molecular flexibility index (Phi) is 4.96. The molecule has 0 saturated heterocycles. The molecule has 5 rings (SSSR count). The number of fused-ring (bicyclic) bond motifs is 1. The Hall–Kier alpha value is -4.01. The summed E-state index contributed by atoms with van der Waals surface area (Å²) in [5.74, 6) is -1.18. The Morgan fingerprint density at radius 2 is 1.79 bits per heavy atom. The molecule has 0 aromatic heterocycles. The van der Waals surface area contributed by atoms with Crippen molar-refractivity contribution in [2.45, 2.75) is 19.1 Å². The third kappa shape index (κ3) is 4.09. The van der Waals surface area contributed by atoms with Gasteiger partial charge in [-0.05, 0) is 36.2 Å². The first-order valence-electron chi connectivity index (χ1n) is 10.2. The van der Waals surface area contributed by atoms with Crippen LogP contribution in [0.15, 0.2) is 71.8 Å². The molecular weight excluding hydrogens is 435 g/mol. The van der Waals surface area contributed by atoms with Crippen molar-refractivity contribution in [2.24, 2.45) is 5.10 Å². The first-order valence-corrected chi connectivity index (χ1v) is 10.2. The monoisotopic (exact) mass is 453 g/mol. The molecule has 33 heavy (non-hydrogen) atoms. The van der Waals surface area contributed by atoms with Crippen molar-refractivity contribution in [3.63, 3.8) is 0 Å². The van der Waals surface area contributed by atoms with Gasteiger partial charge in [-0.1, -0.05) is 48.0 Å². The predicted molar refractivity (Wildman–Crippen MR) is 115 cm³/mol. The number of hydrazone groups is 1. The van der Waals surface area contributed by atoms with Crippen LogP contribution >= 0.6 is 0 Å². The van der Waals surface area contributed by atoms with Crippen LogP contribution in [-0.4, -0.2) is 29.6 Å². The summed E-state index contributed by atoms with van der Waals surface area (Å²) in [6, 6.07) is 17.3. The number of rotatable bonds is 3. The number of halogens is 3. The SMILES string of the molecule is Cc1ccc(C2=NN(C(=O)Nc3ccc4c(c3)OC(F)(F)O4)CC2c2ccccc2F)cc1. The first-order chi connectivity index (χ1) is 15.8. The third-order valence-electron chi connectivity index (χ3n) is 5.43. The number of carbonyl (C=O) groups excluding carboxylic acids is 1. The molecule has 1 N–H and O–H groups in total. The number of ether oxygens (including phenoxy) is 2. The van der Waals surface area contributed by atoms with Gasteiger partial charge < -0.3 is 14.8 Å². The summed E-state index contributed by atoms with van der Waals surface area (Å²) >= 11 is 0. The van der Waals surface area contributed by atoms with Crippen LogP contribution < -0.4 is 14.8 Å². The molecule has 2 aliphatic rings. The number of carbonyl (C=O) groups is 1. The lowest BCUT2D eigenvalue weighted by molar-refractivity contribution is -0.286. The molecule has 9 heteroatoms. The number of benzene rings is 3. The zero-order valence-electron chi connectivity index (χ0n) is 17.4. The highest BCUT2D eigenvalue weighted by Gasteiger charge is 2.43. The van der Waals surface area contributed by atoms with E-state index in [1.54, 1.807) is 18.2 Å². The lowest BCUT2D eigenvalue weighted by atomic mass is 9.90. The molecule has 6 nitrogen and oxygen atoms in total. The van der Waals surface area contributed by atoms with Gasteiger partial charge in [-0.25, -0.2) is 14.2 Å². The second-order valence-corrected chi connectivity index (χ2v) is 7.77. The van der Waals surface area contributed by atoms with Crippen molar-refractivity contribution < 1.29 is 27.4 Å². The first kappa shape index (κ1) is 20.9. The topological polar surface area (TPSA) is 63.2 Å². The van der Waals surface area contributed by atoms with E-state index in [0.29, 0.717) is 11.3 Å². The van der Waals surface area contributed by atoms with E-state index in [2.05, 4.69) is 19.9 Å². The van der Waals surface area contributed by atoms with Crippen molar-refractivity contribution in [3.8, 4) is 11.5 Å². The lowest BCUT2D eigenvalue weighted by Gasteiger charge is -2.16. The van der Waals surface area contributed by atoms with Crippen LogP contribution in [0.2, 0.25) is 0 Å². The minimum absolute atomic E-state index is 0.110. The summed E-state index contributed by atoms with van der Waals surface area (Å²) in [5, 5.41) is 8.29. The molecule has 2 amide bonds. The second-order valence-electron chi connectivity index (χ2n) is 7.77. The largest absolute Gasteiger partial charge is 0.586 e. The summed E-state index contributed by atoms with van der Waals surface area (Å²) in [6.45, 7) is 2.06. The van der Waals surface area contributed by atoms with Gasteiger partial charge in [0.05, 0.1) is 18.2 Å². The highest BCUT2D eigenvalue weighted by molar-refractivity contribution is 6.08. The standard InChI is InChI=1S/C24H18F3N3O3/c1-14-6-8-15(9-7-14)22-18(17-4-2-3-5-19(17)25)13-30(29-22)23(31)28-16-10-11-20-21(12-16)33-24(26,27)32-20/h2-12,18H,13H2,1H3,(H,28,31). The van der Waals surface area contributed by atoms with E-state index in [1.807, 2.05) is 31.2 Å². The third-order valence-corrected chi connectivity index (χ3v) is 5.43. The Bertz CT molecular complexity index is 1260. The molecule has 2 aliphatic heterocycles. The fourth-order valence-electron chi connectivity index (χ4n) is 3.83. The Labute approximate surface area is 187 Å². The summed E-state index contributed by atoms with van der Waals surface area (Å²) in [6.07, 6.45) is -3.75. The van der Waals surface area contributed by atoms with E-state index in [-0.39, 0.29) is 29.5 Å². The number of hydrogen-bond acceptors (Lipinski definition) is 4. The maximum absolute atomic E-state index is 14.6. The number of urea groups is 1. The molecule has 1 unspecified atom stereocenters. The Morgan fingerprint density at radius 3 is 2.55 bits per heavy atom. The number of alkyl halides is 2. The van der Waals surface area contributed by atoms with Crippen molar-refractivity contribution in [2.75, 3.05) is 11.9 Å². The number of nitrogens with zero attached hydrogens (tertiary/aromatic N) is 2. The minimum Gasteiger partial charge on any atom is -0.395 e. The lowest BCUT2D eigenvalue weighted by Crippen LogP contribution is -2.30. The highest BCUT2D eigenvalue weighted by atomic mass is 19.3. The molecule has 3 aromatic carbocycles. The molecule has 1 atom stereocenters. The average molecular weight is 453 g/mol. The Balaban J connectivity index is 1.42. The van der Waals surface area contributed by atoms with Crippen LogP contribution in [0, 0.1) is 12.7 Å². The summed E-state index contributed by atoms with van der Waals surface area (Å²) < 4.78 is 49.9. The zero-order valence-corrected chi connectivity index (χ0v) is 17.4. The van der Waals surface area contributed by atoms with Gasteiger partial charge in [-0.2, -0.15) is 5.10 Å². The summed E-state index contributed by atoms with van der Waals surface area (Å²) in [5.41, 5.74) is 3.04. The molecule has 0 radical (unpaired) electrons. The Morgan fingerprint density at radius 1 is 1.06 bits per heavy atom. The minimum atomic E-state index is -3.75. The van der Waals surface area contributed by atoms with Gasteiger partial charge in [0.15, 0.2) is 11.5 Å². The van der Waals surface area contributed by atoms with Crippen LogP contribution in [0.4, 0.5) is 23.7 Å². The van der Waals surface area contributed by atoms with Crippen LogP contribution in [0.1, 0.15) is 22.6 Å². The molecule has 0 bridgehead atoms. The van der Waals surface area contributed by atoms with E-state index in [4.69, 9.17) is 0 Å². The molecule has 0 saturated carbocycles. The van der Waals surface area contributed by atoms with Gasteiger partial charge in [-0.15, -0.1) is 8.78 Å². The van der Waals surface area contributed by atoms with E-state index in [1.165, 1.54) is 29.3 Å². The summed E-state index contributed by atoms with van der Waals surface area (Å²) in [7, 11) is 0. The maximum atomic E-state index is 14.6. The van der Waals surface area contributed by atoms with E-state index in [9.17, 15) is 18.0 Å². The van der Waals surface area contributed by atoms with Gasteiger partial charge in [0.1, 0.15) is 5.82 Å². The fourth-order valence-corrected chi connectivity index (χ4v) is 3.83. The van der Waals surface area contributed by atoms with Gasteiger partial charge in [-0.3, -0.25) is 0 Å².